The summed E-state index contributed by atoms with van der Waals surface area (Å²) in [6, 6.07) is 15.1. The lowest BCUT2D eigenvalue weighted by Gasteiger charge is -2.35. The van der Waals surface area contributed by atoms with Crippen LogP contribution in [-0.4, -0.2) is 82.0 Å². The minimum Gasteiger partial charge on any atom is -0.497 e. The number of carbonyl (C=O) groups is 2. The number of nitro groups is 1. The standard InChI is InChI=1S/C27H29N5O7/c1-37-22-6-8-23(9-7-22)38-18-24-16-31(27(34)39-24)20-10-13-29(14-11-20)26(33)17-30-15-12-25(28-30)19-2-4-21(5-3-19)32(35)36/h2-9,12,15,20,24H,10-11,13-14,16-18H2,1H3. The van der Waals surface area contributed by atoms with Gasteiger partial charge in [-0.05, 0) is 55.3 Å². The number of hydrogen-bond acceptors (Lipinski definition) is 8. The SMILES string of the molecule is COc1ccc(OCC2CN(C3CCN(C(=O)Cn4ccc(-c5ccc([N+](=O)[O-])cc5)n4)CC3)C(=O)O2)cc1. The number of nitrogens with zero attached hydrogens (tertiary/aromatic N) is 5. The summed E-state index contributed by atoms with van der Waals surface area (Å²) in [4.78, 5) is 39.3. The van der Waals surface area contributed by atoms with E-state index in [1.807, 2.05) is 12.1 Å². The van der Waals surface area contributed by atoms with Gasteiger partial charge < -0.3 is 24.0 Å². The van der Waals surface area contributed by atoms with E-state index in [1.165, 1.54) is 12.1 Å². The topological polar surface area (TPSA) is 129 Å². The van der Waals surface area contributed by atoms with E-state index in [1.54, 1.807) is 58.1 Å². The highest BCUT2D eigenvalue weighted by Crippen LogP contribution is 2.25. The number of piperidine rings is 1. The number of carbonyl (C=O) groups excluding carboxylic acids is 2. The Hall–Kier alpha value is -4.61. The molecule has 0 bridgehead atoms. The molecule has 2 saturated heterocycles. The van der Waals surface area contributed by atoms with Crippen LogP contribution >= 0.6 is 0 Å². The van der Waals surface area contributed by atoms with Crippen molar-refractivity contribution >= 4 is 17.7 Å². The minimum absolute atomic E-state index is 0.00554. The lowest BCUT2D eigenvalue weighted by atomic mass is 10.0. The first-order valence-corrected chi connectivity index (χ1v) is 12.7. The Morgan fingerprint density at radius 1 is 1.08 bits per heavy atom. The zero-order valence-corrected chi connectivity index (χ0v) is 21.5. The van der Waals surface area contributed by atoms with E-state index in [0.29, 0.717) is 43.9 Å². The van der Waals surface area contributed by atoms with Crippen molar-refractivity contribution in [1.82, 2.24) is 19.6 Å². The molecule has 3 heterocycles. The molecule has 12 heteroatoms. The molecular formula is C27H29N5O7. The Kier molecular flexibility index (Phi) is 7.62. The number of methoxy groups -OCH3 is 1. The van der Waals surface area contributed by atoms with Crippen molar-refractivity contribution in [2.75, 3.05) is 33.4 Å². The molecule has 12 nitrogen and oxygen atoms in total. The summed E-state index contributed by atoms with van der Waals surface area (Å²) in [7, 11) is 1.60. The Balaban J connectivity index is 1.08. The van der Waals surface area contributed by atoms with Crippen LogP contribution in [0.3, 0.4) is 0 Å². The summed E-state index contributed by atoms with van der Waals surface area (Å²) < 4.78 is 18.0. The summed E-state index contributed by atoms with van der Waals surface area (Å²) in [5, 5.41) is 15.3. The van der Waals surface area contributed by atoms with Crippen LogP contribution in [0.4, 0.5) is 10.5 Å². The van der Waals surface area contributed by atoms with Gasteiger partial charge in [0, 0.05) is 43.0 Å². The maximum Gasteiger partial charge on any atom is 0.410 e. The van der Waals surface area contributed by atoms with Crippen molar-refractivity contribution < 1.29 is 28.7 Å². The van der Waals surface area contributed by atoms with Gasteiger partial charge >= 0.3 is 6.09 Å². The van der Waals surface area contributed by atoms with Crippen LogP contribution in [0.25, 0.3) is 11.3 Å². The lowest BCUT2D eigenvalue weighted by molar-refractivity contribution is -0.384. The van der Waals surface area contributed by atoms with Crippen LogP contribution in [-0.2, 0) is 16.1 Å². The van der Waals surface area contributed by atoms with Crippen molar-refractivity contribution in [3.05, 3.63) is 70.9 Å². The second-order valence-corrected chi connectivity index (χ2v) is 9.46. The molecule has 0 N–H and O–H groups in total. The first-order valence-electron chi connectivity index (χ1n) is 12.7. The molecule has 39 heavy (non-hydrogen) atoms. The van der Waals surface area contributed by atoms with Gasteiger partial charge in [-0.1, -0.05) is 0 Å². The molecule has 0 radical (unpaired) electrons. The third-order valence-corrected chi connectivity index (χ3v) is 6.97. The molecule has 0 aliphatic carbocycles. The number of benzene rings is 2. The normalized spacial score (nSPS) is 17.7. The fourth-order valence-corrected chi connectivity index (χ4v) is 4.81. The van der Waals surface area contributed by atoms with Crippen molar-refractivity contribution in [3.63, 3.8) is 0 Å². The number of likely N-dealkylation sites (tertiary alicyclic amines) is 1. The molecular weight excluding hydrogens is 506 g/mol. The number of nitro benzene ring substituents is 1. The zero-order valence-electron chi connectivity index (χ0n) is 21.5. The number of amides is 2. The molecule has 1 aromatic heterocycles. The summed E-state index contributed by atoms with van der Waals surface area (Å²) in [5.41, 5.74) is 1.38. The van der Waals surface area contributed by atoms with Gasteiger partial charge in [0.05, 0.1) is 24.3 Å². The molecule has 2 amide bonds. The van der Waals surface area contributed by atoms with Gasteiger partial charge in [-0.15, -0.1) is 0 Å². The van der Waals surface area contributed by atoms with Gasteiger partial charge in [0.15, 0.2) is 6.10 Å². The molecule has 2 aliphatic rings. The third kappa shape index (κ3) is 6.11. The smallest absolute Gasteiger partial charge is 0.410 e. The number of hydrogen-bond donors (Lipinski definition) is 0. The van der Waals surface area contributed by atoms with Crippen LogP contribution < -0.4 is 9.47 Å². The lowest BCUT2D eigenvalue weighted by Crippen LogP contribution is -2.48. The molecule has 1 unspecified atom stereocenters. The predicted molar refractivity (Wildman–Crippen MR) is 139 cm³/mol. The van der Waals surface area contributed by atoms with E-state index in [9.17, 15) is 19.7 Å². The number of rotatable bonds is 9. The number of ether oxygens (including phenoxy) is 3. The van der Waals surface area contributed by atoms with Gasteiger partial charge in [-0.3, -0.25) is 19.6 Å². The van der Waals surface area contributed by atoms with E-state index in [4.69, 9.17) is 14.2 Å². The van der Waals surface area contributed by atoms with Crippen molar-refractivity contribution in [1.29, 1.82) is 0 Å². The number of aromatic nitrogens is 2. The highest BCUT2D eigenvalue weighted by molar-refractivity contribution is 5.76. The average molecular weight is 536 g/mol. The molecule has 0 spiro atoms. The van der Waals surface area contributed by atoms with E-state index >= 15 is 0 Å². The first kappa shape index (κ1) is 26.0. The van der Waals surface area contributed by atoms with Gasteiger partial charge in [-0.25, -0.2) is 4.79 Å². The van der Waals surface area contributed by atoms with Crippen LogP contribution in [0.2, 0.25) is 0 Å². The average Bonchev–Trinajstić information content (AvgIpc) is 3.58. The van der Waals surface area contributed by atoms with Crippen LogP contribution in [0.5, 0.6) is 11.5 Å². The fourth-order valence-electron chi connectivity index (χ4n) is 4.81. The van der Waals surface area contributed by atoms with Crippen molar-refractivity contribution in [2.24, 2.45) is 0 Å². The molecule has 2 fully saturated rings. The summed E-state index contributed by atoms with van der Waals surface area (Å²) >= 11 is 0. The fraction of sp³-hybridized carbons (Fsp3) is 0.370. The van der Waals surface area contributed by atoms with Crippen molar-refractivity contribution in [2.45, 2.75) is 31.5 Å². The molecule has 1 atom stereocenters. The van der Waals surface area contributed by atoms with E-state index < -0.39 is 4.92 Å². The molecule has 2 aromatic carbocycles. The first-order chi connectivity index (χ1) is 18.9. The van der Waals surface area contributed by atoms with E-state index in [-0.39, 0.29) is 43.0 Å². The summed E-state index contributed by atoms with van der Waals surface area (Å²) in [6.45, 7) is 1.88. The van der Waals surface area contributed by atoms with Gasteiger partial charge in [0.1, 0.15) is 24.7 Å². The summed E-state index contributed by atoms with van der Waals surface area (Å²) in [6.07, 6.45) is 2.35. The monoisotopic (exact) mass is 535 g/mol. The second-order valence-electron chi connectivity index (χ2n) is 9.46. The maximum absolute atomic E-state index is 12.9. The molecule has 5 rings (SSSR count). The molecule has 3 aromatic rings. The van der Waals surface area contributed by atoms with Crippen LogP contribution in [0.15, 0.2) is 60.8 Å². The van der Waals surface area contributed by atoms with E-state index in [0.717, 1.165) is 11.3 Å². The minimum atomic E-state index is -0.451. The Morgan fingerprint density at radius 3 is 2.44 bits per heavy atom. The second kappa shape index (κ2) is 11.4. The number of cyclic esters (lactones) is 1. The highest BCUT2D eigenvalue weighted by Gasteiger charge is 2.38. The van der Waals surface area contributed by atoms with Crippen LogP contribution in [0, 0.1) is 10.1 Å². The quantitative estimate of drug-likeness (QED) is 0.301. The largest absolute Gasteiger partial charge is 0.497 e. The maximum atomic E-state index is 12.9. The van der Waals surface area contributed by atoms with Gasteiger partial charge in [0.25, 0.3) is 5.69 Å². The molecule has 2 aliphatic heterocycles. The number of non-ortho nitro benzene ring substituents is 1. The Labute approximate surface area is 224 Å². The highest BCUT2D eigenvalue weighted by atomic mass is 16.6. The van der Waals surface area contributed by atoms with Gasteiger partial charge in [-0.2, -0.15) is 5.10 Å². The Morgan fingerprint density at radius 2 is 1.77 bits per heavy atom. The Bertz CT molecular complexity index is 1320. The molecule has 0 saturated carbocycles. The van der Waals surface area contributed by atoms with Crippen LogP contribution in [0.1, 0.15) is 12.8 Å². The third-order valence-electron chi connectivity index (χ3n) is 6.97. The van der Waals surface area contributed by atoms with Crippen molar-refractivity contribution in [3.8, 4) is 22.8 Å². The molecule has 204 valence electrons. The zero-order chi connectivity index (χ0) is 27.4. The van der Waals surface area contributed by atoms with E-state index in [2.05, 4.69) is 5.10 Å². The summed E-state index contributed by atoms with van der Waals surface area (Å²) in [5.74, 6) is 1.36. The predicted octanol–water partition coefficient (Wildman–Crippen LogP) is 3.36. The van der Waals surface area contributed by atoms with Gasteiger partial charge in [0.2, 0.25) is 5.91 Å².